The van der Waals surface area contributed by atoms with E-state index in [-0.39, 0.29) is 0 Å². The van der Waals surface area contributed by atoms with Gasteiger partial charge in [0.05, 0.1) is 6.61 Å². The third-order valence-corrected chi connectivity index (χ3v) is 4.28. The molecule has 5 heteroatoms. The molecule has 0 saturated heterocycles. The van der Waals surface area contributed by atoms with Crippen molar-refractivity contribution < 1.29 is 9.84 Å². The third-order valence-electron chi connectivity index (χ3n) is 4.28. The number of benzene rings is 1. The van der Waals surface area contributed by atoms with Crippen molar-refractivity contribution in [2.75, 3.05) is 6.61 Å². The molecule has 0 bridgehead atoms. The fraction of sp³-hybridized carbons (Fsp3) is 0.300. The van der Waals surface area contributed by atoms with Gasteiger partial charge in [0.2, 0.25) is 0 Å². The standard InChI is InChI=1S/C20H23N3O2/c1-15-6-7-18(13-16(15)2)25-12-4-10-23-11-9-22-20(23)19(24)17-5-3-8-21-14-17/h3,5-9,11,13-14,19,24H,4,10,12H2,1-2H3/t19-/m1/s1. The van der Waals surface area contributed by atoms with Crippen molar-refractivity contribution in [1.82, 2.24) is 14.5 Å². The highest BCUT2D eigenvalue weighted by Gasteiger charge is 2.16. The summed E-state index contributed by atoms with van der Waals surface area (Å²) >= 11 is 0. The zero-order valence-corrected chi connectivity index (χ0v) is 14.6. The number of aliphatic hydroxyl groups is 1. The molecule has 0 unspecified atom stereocenters. The second kappa shape index (κ2) is 7.94. The van der Waals surface area contributed by atoms with E-state index < -0.39 is 6.10 Å². The summed E-state index contributed by atoms with van der Waals surface area (Å²) in [7, 11) is 0. The molecular formula is C20H23N3O2. The van der Waals surface area contributed by atoms with Gasteiger partial charge in [0.1, 0.15) is 17.7 Å². The summed E-state index contributed by atoms with van der Waals surface area (Å²) < 4.78 is 7.78. The quantitative estimate of drug-likeness (QED) is 0.671. The fourth-order valence-corrected chi connectivity index (χ4v) is 2.67. The van der Waals surface area contributed by atoms with Crippen molar-refractivity contribution in [1.29, 1.82) is 0 Å². The van der Waals surface area contributed by atoms with Gasteiger partial charge in [-0.05, 0) is 49.6 Å². The van der Waals surface area contributed by atoms with Gasteiger partial charge in [0.15, 0.2) is 0 Å². The Balaban J connectivity index is 1.56. The first-order valence-corrected chi connectivity index (χ1v) is 8.44. The van der Waals surface area contributed by atoms with Crippen molar-refractivity contribution in [3.8, 4) is 5.75 Å². The van der Waals surface area contributed by atoms with Crippen LogP contribution in [0.25, 0.3) is 0 Å². The number of hydrogen-bond donors (Lipinski definition) is 1. The molecule has 0 spiro atoms. The number of ether oxygens (including phenoxy) is 1. The predicted molar refractivity (Wildman–Crippen MR) is 96.6 cm³/mol. The highest BCUT2D eigenvalue weighted by atomic mass is 16.5. The molecule has 130 valence electrons. The summed E-state index contributed by atoms with van der Waals surface area (Å²) in [5, 5.41) is 10.5. The number of aliphatic hydroxyl groups excluding tert-OH is 1. The first kappa shape index (κ1) is 17.2. The Morgan fingerprint density at radius 3 is 2.80 bits per heavy atom. The number of aryl methyl sites for hydroxylation is 3. The van der Waals surface area contributed by atoms with E-state index in [2.05, 4.69) is 35.9 Å². The maximum atomic E-state index is 10.5. The minimum atomic E-state index is -0.774. The first-order valence-electron chi connectivity index (χ1n) is 8.44. The van der Waals surface area contributed by atoms with Gasteiger partial charge in [0, 0.05) is 36.9 Å². The van der Waals surface area contributed by atoms with E-state index in [9.17, 15) is 5.11 Å². The average molecular weight is 337 g/mol. The Labute approximate surface area is 148 Å². The Bertz CT molecular complexity index is 815. The molecule has 5 nitrogen and oxygen atoms in total. The molecule has 0 aliphatic carbocycles. The summed E-state index contributed by atoms with van der Waals surface area (Å²) in [6.45, 7) is 5.52. The van der Waals surface area contributed by atoms with Crippen LogP contribution in [0, 0.1) is 13.8 Å². The van der Waals surface area contributed by atoms with E-state index in [0.717, 1.165) is 24.3 Å². The van der Waals surface area contributed by atoms with E-state index >= 15 is 0 Å². The highest BCUT2D eigenvalue weighted by Crippen LogP contribution is 2.20. The third kappa shape index (κ3) is 4.25. The largest absolute Gasteiger partial charge is 0.494 e. The lowest BCUT2D eigenvalue weighted by atomic mass is 10.1. The minimum Gasteiger partial charge on any atom is -0.494 e. The van der Waals surface area contributed by atoms with Gasteiger partial charge >= 0.3 is 0 Å². The van der Waals surface area contributed by atoms with Gasteiger partial charge in [-0.2, -0.15) is 0 Å². The normalized spacial score (nSPS) is 12.1. The van der Waals surface area contributed by atoms with Crippen LogP contribution in [0.3, 0.4) is 0 Å². The number of nitrogens with zero attached hydrogens (tertiary/aromatic N) is 3. The molecule has 1 atom stereocenters. The molecule has 3 rings (SSSR count). The van der Waals surface area contributed by atoms with Gasteiger partial charge in [-0.15, -0.1) is 0 Å². The van der Waals surface area contributed by atoms with Crippen molar-refractivity contribution in [3.63, 3.8) is 0 Å². The van der Waals surface area contributed by atoms with Gasteiger partial charge in [-0.25, -0.2) is 4.98 Å². The molecule has 0 amide bonds. The van der Waals surface area contributed by atoms with Gasteiger partial charge in [0.25, 0.3) is 0 Å². The zero-order valence-electron chi connectivity index (χ0n) is 14.6. The maximum absolute atomic E-state index is 10.5. The Kier molecular flexibility index (Phi) is 5.46. The van der Waals surface area contributed by atoms with Crippen LogP contribution in [0.1, 0.15) is 35.0 Å². The topological polar surface area (TPSA) is 60.2 Å². The van der Waals surface area contributed by atoms with Crippen LogP contribution >= 0.6 is 0 Å². The van der Waals surface area contributed by atoms with E-state index in [1.165, 1.54) is 11.1 Å². The van der Waals surface area contributed by atoms with Crippen molar-refractivity contribution in [2.45, 2.75) is 32.9 Å². The monoisotopic (exact) mass is 337 g/mol. The lowest BCUT2D eigenvalue weighted by Crippen LogP contribution is -2.12. The lowest BCUT2D eigenvalue weighted by Gasteiger charge is -2.14. The summed E-state index contributed by atoms with van der Waals surface area (Å²) in [4.78, 5) is 8.35. The Morgan fingerprint density at radius 1 is 1.16 bits per heavy atom. The number of aromatic nitrogens is 3. The summed E-state index contributed by atoms with van der Waals surface area (Å²) in [6.07, 6.45) is 6.99. The zero-order chi connectivity index (χ0) is 17.6. The molecule has 0 saturated carbocycles. The van der Waals surface area contributed by atoms with E-state index in [4.69, 9.17) is 4.74 Å². The molecule has 3 aromatic rings. The summed E-state index contributed by atoms with van der Waals surface area (Å²) in [5.41, 5.74) is 3.23. The second-order valence-corrected chi connectivity index (χ2v) is 6.12. The van der Waals surface area contributed by atoms with Crippen LogP contribution in [0.5, 0.6) is 5.75 Å². The van der Waals surface area contributed by atoms with Crippen molar-refractivity contribution in [3.05, 3.63) is 77.6 Å². The van der Waals surface area contributed by atoms with E-state index in [1.54, 1.807) is 18.6 Å². The SMILES string of the molecule is Cc1ccc(OCCCn2ccnc2[C@H](O)c2cccnc2)cc1C. The first-order chi connectivity index (χ1) is 12.1. The second-order valence-electron chi connectivity index (χ2n) is 6.12. The molecule has 2 aromatic heterocycles. The molecule has 2 heterocycles. The minimum absolute atomic E-state index is 0.614. The van der Waals surface area contributed by atoms with Crippen LogP contribution < -0.4 is 4.74 Å². The van der Waals surface area contributed by atoms with Crippen LogP contribution in [0.2, 0.25) is 0 Å². The maximum Gasteiger partial charge on any atom is 0.142 e. The summed E-state index contributed by atoms with van der Waals surface area (Å²) in [5.74, 6) is 1.52. The number of imidazole rings is 1. The number of hydrogen-bond acceptors (Lipinski definition) is 4. The average Bonchev–Trinajstić information content (AvgIpc) is 3.10. The summed E-state index contributed by atoms with van der Waals surface area (Å²) in [6, 6.07) is 9.78. The highest BCUT2D eigenvalue weighted by molar-refractivity contribution is 5.33. The van der Waals surface area contributed by atoms with Crippen LogP contribution in [-0.4, -0.2) is 26.2 Å². The number of rotatable bonds is 7. The van der Waals surface area contributed by atoms with Crippen molar-refractivity contribution >= 4 is 0 Å². The van der Waals surface area contributed by atoms with Gasteiger partial charge in [-0.3, -0.25) is 4.98 Å². The van der Waals surface area contributed by atoms with Gasteiger partial charge < -0.3 is 14.4 Å². The van der Waals surface area contributed by atoms with E-state index in [1.807, 2.05) is 29.0 Å². The van der Waals surface area contributed by atoms with Crippen LogP contribution in [0.4, 0.5) is 0 Å². The van der Waals surface area contributed by atoms with Gasteiger partial charge in [-0.1, -0.05) is 12.1 Å². The molecule has 1 N–H and O–H groups in total. The smallest absolute Gasteiger partial charge is 0.142 e. The molecule has 0 aliphatic heterocycles. The fourth-order valence-electron chi connectivity index (χ4n) is 2.67. The number of pyridine rings is 1. The lowest BCUT2D eigenvalue weighted by molar-refractivity contribution is 0.202. The molecule has 0 radical (unpaired) electrons. The predicted octanol–water partition coefficient (Wildman–Crippen LogP) is 3.45. The molecule has 0 aliphatic rings. The Morgan fingerprint density at radius 2 is 2.04 bits per heavy atom. The van der Waals surface area contributed by atoms with Crippen LogP contribution in [0.15, 0.2) is 55.1 Å². The molecule has 25 heavy (non-hydrogen) atoms. The van der Waals surface area contributed by atoms with Crippen molar-refractivity contribution in [2.24, 2.45) is 0 Å². The van der Waals surface area contributed by atoms with E-state index in [0.29, 0.717) is 12.4 Å². The Hall–Kier alpha value is -2.66. The molecular weight excluding hydrogens is 314 g/mol. The van der Waals surface area contributed by atoms with Crippen LogP contribution in [-0.2, 0) is 6.54 Å². The molecule has 1 aromatic carbocycles. The molecule has 0 fully saturated rings.